The second-order valence-corrected chi connectivity index (χ2v) is 6.04. The van der Waals surface area contributed by atoms with E-state index in [1.807, 2.05) is 24.3 Å². The first-order valence-electron chi connectivity index (χ1n) is 7.79. The zero-order valence-corrected chi connectivity index (χ0v) is 13.5. The lowest BCUT2D eigenvalue weighted by molar-refractivity contribution is 0.414. The molecule has 3 aromatic rings. The fraction of sp³-hybridized carbons (Fsp3) is 0.200. The summed E-state index contributed by atoms with van der Waals surface area (Å²) in [7, 11) is 4.18. The van der Waals surface area contributed by atoms with E-state index < -0.39 is 0 Å². The van der Waals surface area contributed by atoms with Crippen molar-refractivity contribution in [1.29, 1.82) is 0 Å². The lowest BCUT2D eigenvalue weighted by atomic mass is 10.0. The number of aromatic amines is 1. The fourth-order valence-corrected chi connectivity index (χ4v) is 2.77. The Morgan fingerprint density at radius 1 is 1.04 bits per heavy atom. The van der Waals surface area contributed by atoms with E-state index in [1.54, 1.807) is 0 Å². The lowest BCUT2D eigenvalue weighted by Gasteiger charge is -2.09. The van der Waals surface area contributed by atoms with Crippen molar-refractivity contribution in [3.8, 4) is 11.1 Å². The predicted octanol–water partition coefficient (Wildman–Crippen LogP) is 4.88. The molecule has 3 rings (SSSR count). The summed E-state index contributed by atoms with van der Waals surface area (Å²) < 4.78 is 12.2. The molecule has 0 bridgehead atoms. The number of H-pyrrole nitrogens is 1. The van der Waals surface area contributed by atoms with Gasteiger partial charge in [0.05, 0.1) is 6.33 Å². The first-order valence-corrected chi connectivity index (χ1v) is 7.79. The van der Waals surface area contributed by atoms with Crippen LogP contribution in [0.3, 0.4) is 0 Å². The average molecular weight is 308 g/mol. The van der Waals surface area contributed by atoms with Gasteiger partial charge in [0.25, 0.3) is 0 Å². The van der Waals surface area contributed by atoms with Crippen molar-refractivity contribution in [2.24, 2.45) is 0 Å². The van der Waals surface area contributed by atoms with Crippen LogP contribution in [-0.4, -0.2) is 30.5 Å². The van der Waals surface area contributed by atoms with Gasteiger partial charge in [-0.2, -0.15) is 0 Å². The van der Waals surface area contributed by atoms with Crippen LogP contribution < -0.4 is 0 Å². The number of halogens is 1. The van der Waals surface area contributed by atoms with Crippen LogP contribution in [0.15, 0.2) is 55.0 Å². The van der Waals surface area contributed by atoms with Gasteiger partial charge in [0.2, 0.25) is 0 Å². The minimum absolute atomic E-state index is 0.567. The zero-order valence-electron chi connectivity index (χ0n) is 13.5. The average Bonchev–Trinajstić information content (AvgIpc) is 2.96. The predicted molar refractivity (Wildman–Crippen MR) is 96.1 cm³/mol. The van der Waals surface area contributed by atoms with E-state index in [0.29, 0.717) is 6.33 Å². The van der Waals surface area contributed by atoms with Crippen LogP contribution in [0.2, 0.25) is 0 Å². The Kier molecular flexibility index (Phi) is 4.58. The summed E-state index contributed by atoms with van der Waals surface area (Å²) in [5.74, 6) is 0. The van der Waals surface area contributed by atoms with Crippen molar-refractivity contribution >= 4 is 17.0 Å². The van der Waals surface area contributed by atoms with Crippen molar-refractivity contribution in [3.05, 3.63) is 66.1 Å². The third-order valence-electron chi connectivity index (χ3n) is 4.10. The number of rotatable bonds is 5. The van der Waals surface area contributed by atoms with Crippen molar-refractivity contribution in [2.45, 2.75) is 6.42 Å². The number of nitrogens with zero attached hydrogens (tertiary/aromatic N) is 1. The first kappa shape index (κ1) is 15.5. The number of benzene rings is 2. The van der Waals surface area contributed by atoms with Gasteiger partial charge in [-0.15, -0.1) is 0 Å². The van der Waals surface area contributed by atoms with Crippen molar-refractivity contribution in [3.63, 3.8) is 0 Å². The smallest absolute Gasteiger partial charge is 0.0872 e. The Hall–Kier alpha value is -2.39. The zero-order chi connectivity index (χ0) is 16.2. The number of hydrogen-bond acceptors (Lipinski definition) is 1. The molecule has 3 heteroatoms. The van der Waals surface area contributed by atoms with E-state index >= 15 is 0 Å². The minimum atomic E-state index is 0.567. The topological polar surface area (TPSA) is 19.0 Å². The van der Waals surface area contributed by atoms with E-state index in [2.05, 4.69) is 48.4 Å². The summed E-state index contributed by atoms with van der Waals surface area (Å²) >= 11 is 0. The standard InChI is InChI=1S/C20H21FN2/c1-23(2)12-10-18-14-22-20-8-7-17(13-19(18)20)16-5-3-15(4-6-16)9-11-21/h3-9,11,13-14,22H,10,12H2,1-2H3/b11-9+. The molecule has 0 radical (unpaired) electrons. The fourth-order valence-electron chi connectivity index (χ4n) is 2.77. The molecule has 0 spiro atoms. The maximum atomic E-state index is 12.2. The highest BCUT2D eigenvalue weighted by atomic mass is 19.1. The molecule has 1 aromatic heterocycles. The SMILES string of the molecule is CN(C)CCc1c[nH]c2ccc(-c3ccc(/C=C/F)cc3)cc12. The second-order valence-electron chi connectivity index (χ2n) is 6.04. The van der Waals surface area contributed by atoms with Crippen LogP contribution in [-0.2, 0) is 6.42 Å². The first-order chi connectivity index (χ1) is 11.2. The van der Waals surface area contributed by atoms with Gasteiger partial charge < -0.3 is 9.88 Å². The van der Waals surface area contributed by atoms with Gasteiger partial charge >= 0.3 is 0 Å². The van der Waals surface area contributed by atoms with Crippen molar-refractivity contribution in [2.75, 3.05) is 20.6 Å². The quantitative estimate of drug-likeness (QED) is 0.712. The van der Waals surface area contributed by atoms with Crippen LogP contribution in [0.1, 0.15) is 11.1 Å². The molecular weight excluding hydrogens is 287 g/mol. The highest BCUT2D eigenvalue weighted by molar-refractivity contribution is 5.88. The van der Waals surface area contributed by atoms with E-state index in [1.165, 1.54) is 28.1 Å². The molecule has 0 saturated carbocycles. The third-order valence-corrected chi connectivity index (χ3v) is 4.10. The molecule has 0 aliphatic heterocycles. The van der Waals surface area contributed by atoms with E-state index in [-0.39, 0.29) is 0 Å². The normalized spacial score (nSPS) is 11.8. The molecule has 1 N–H and O–H groups in total. The van der Waals surface area contributed by atoms with Gasteiger partial charge in [0, 0.05) is 23.6 Å². The number of aromatic nitrogens is 1. The Morgan fingerprint density at radius 3 is 2.48 bits per heavy atom. The lowest BCUT2D eigenvalue weighted by Crippen LogP contribution is -2.14. The van der Waals surface area contributed by atoms with E-state index in [9.17, 15) is 4.39 Å². The summed E-state index contributed by atoms with van der Waals surface area (Å²) in [4.78, 5) is 5.54. The second kappa shape index (κ2) is 6.80. The molecule has 0 amide bonds. The minimum Gasteiger partial charge on any atom is -0.361 e. The molecule has 0 atom stereocenters. The summed E-state index contributed by atoms with van der Waals surface area (Å²) in [6, 6.07) is 14.4. The van der Waals surface area contributed by atoms with Gasteiger partial charge in [-0.3, -0.25) is 0 Å². The van der Waals surface area contributed by atoms with E-state index in [0.717, 1.165) is 24.1 Å². The monoisotopic (exact) mass is 308 g/mol. The van der Waals surface area contributed by atoms with Crippen LogP contribution in [0.5, 0.6) is 0 Å². The number of fused-ring (bicyclic) bond motifs is 1. The Morgan fingerprint density at radius 2 is 1.78 bits per heavy atom. The molecule has 0 saturated heterocycles. The summed E-state index contributed by atoms with van der Waals surface area (Å²) in [6.07, 6.45) is 5.15. The molecule has 0 aliphatic rings. The Balaban J connectivity index is 1.93. The summed E-state index contributed by atoms with van der Waals surface area (Å²) in [6.45, 7) is 1.03. The molecule has 23 heavy (non-hydrogen) atoms. The van der Waals surface area contributed by atoms with Gasteiger partial charge in [-0.25, -0.2) is 4.39 Å². The van der Waals surface area contributed by atoms with Gasteiger partial charge in [-0.1, -0.05) is 30.3 Å². The Labute approximate surface area is 136 Å². The number of nitrogens with one attached hydrogen (secondary N) is 1. The van der Waals surface area contributed by atoms with Crippen molar-refractivity contribution < 1.29 is 4.39 Å². The Bertz CT molecular complexity index is 813. The molecule has 1 heterocycles. The van der Waals surface area contributed by atoms with Crippen LogP contribution in [0.4, 0.5) is 4.39 Å². The maximum Gasteiger partial charge on any atom is 0.0872 e. The number of hydrogen-bond donors (Lipinski definition) is 1. The molecule has 0 unspecified atom stereocenters. The van der Waals surface area contributed by atoms with Gasteiger partial charge in [0.15, 0.2) is 0 Å². The molecule has 2 aromatic carbocycles. The molecular formula is C20H21FN2. The highest BCUT2D eigenvalue weighted by Crippen LogP contribution is 2.27. The molecule has 118 valence electrons. The molecule has 0 aliphatic carbocycles. The largest absolute Gasteiger partial charge is 0.361 e. The highest BCUT2D eigenvalue weighted by Gasteiger charge is 2.06. The van der Waals surface area contributed by atoms with Crippen molar-refractivity contribution in [1.82, 2.24) is 9.88 Å². The molecule has 2 nitrogen and oxygen atoms in total. The number of likely N-dealkylation sites (N-methyl/N-ethyl adjacent to an activating group) is 1. The van der Waals surface area contributed by atoms with Gasteiger partial charge in [0.1, 0.15) is 0 Å². The maximum absolute atomic E-state index is 12.2. The van der Waals surface area contributed by atoms with E-state index in [4.69, 9.17) is 0 Å². The van der Waals surface area contributed by atoms with Gasteiger partial charge in [-0.05, 0) is 61.0 Å². The summed E-state index contributed by atoms with van der Waals surface area (Å²) in [5.41, 5.74) is 5.69. The van der Waals surface area contributed by atoms with Crippen LogP contribution in [0, 0.1) is 0 Å². The summed E-state index contributed by atoms with van der Waals surface area (Å²) in [5, 5.41) is 1.28. The molecule has 0 fully saturated rings. The van der Waals surface area contributed by atoms with Crippen LogP contribution >= 0.6 is 0 Å². The van der Waals surface area contributed by atoms with Crippen LogP contribution in [0.25, 0.3) is 28.1 Å². The third kappa shape index (κ3) is 3.51.